The Labute approximate surface area is 161 Å². The Morgan fingerprint density at radius 3 is 2.19 bits per heavy atom. The molecule has 0 aliphatic carbocycles. The van der Waals surface area contributed by atoms with Crippen molar-refractivity contribution in [1.29, 1.82) is 0 Å². The Morgan fingerprint density at radius 1 is 1.00 bits per heavy atom. The summed E-state index contributed by atoms with van der Waals surface area (Å²) in [7, 11) is -0.397. The fraction of sp³-hybridized carbons (Fsp3) is 0.333. The van der Waals surface area contributed by atoms with Crippen LogP contribution >= 0.6 is 0 Å². The molecular formula is C21H27NO4Si. The van der Waals surface area contributed by atoms with Gasteiger partial charge in [-0.05, 0) is 12.0 Å². The number of alkyl carbamates (subject to hydrolysis) is 1. The third-order valence-electron chi connectivity index (χ3n) is 4.60. The van der Waals surface area contributed by atoms with Crippen molar-refractivity contribution in [2.24, 2.45) is 0 Å². The van der Waals surface area contributed by atoms with Crippen molar-refractivity contribution in [3.8, 4) is 0 Å². The molecule has 0 unspecified atom stereocenters. The van der Waals surface area contributed by atoms with Crippen LogP contribution in [0.15, 0.2) is 60.7 Å². The van der Waals surface area contributed by atoms with Gasteiger partial charge in [-0.3, -0.25) is 0 Å². The number of methoxy groups -OCH3 is 1. The summed E-state index contributed by atoms with van der Waals surface area (Å²) in [5.74, 6) is -0.454. The number of carbonyl (C=O) groups excluding carboxylic acids is 2. The Balaban J connectivity index is 1.92. The molecule has 144 valence electrons. The predicted octanol–water partition coefficient (Wildman–Crippen LogP) is 3.46. The van der Waals surface area contributed by atoms with Crippen molar-refractivity contribution in [1.82, 2.24) is 5.32 Å². The minimum Gasteiger partial charge on any atom is -0.467 e. The first-order chi connectivity index (χ1) is 12.9. The van der Waals surface area contributed by atoms with Crippen molar-refractivity contribution in [2.75, 3.05) is 7.11 Å². The molecule has 0 radical (unpaired) electrons. The van der Waals surface area contributed by atoms with E-state index in [0.717, 1.165) is 11.6 Å². The molecule has 0 aliphatic rings. The number of rotatable bonds is 8. The Bertz CT molecular complexity index is 734. The minimum absolute atomic E-state index is 0.158. The molecule has 2 aromatic carbocycles. The second-order valence-electron chi connectivity index (χ2n) is 7.07. The average Bonchev–Trinajstić information content (AvgIpc) is 2.70. The zero-order chi connectivity index (χ0) is 19.7. The summed E-state index contributed by atoms with van der Waals surface area (Å²) in [6.07, 6.45) is -0.102. The van der Waals surface area contributed by atoms with Crippen LogP contribution in [0, 0.1) is 0 Å². The highest BCUT2D eigenvalue weighted by Crippen LogP contribution is 2.15. The summed E-state index contributed by atoms with van der Waals surface area (Å²) in [5, 5.41) is 3.97. The topological polar surface area (TPSA) is 64.6 Å². The van der Waals surface area contributed by atoms with E-state index in [2.05, 4.69) is 30.5 Å². The van der Waals surface area contributed by atoms with Crippen LogP contribution < -0.4 is 10.5 Å². The second kappa shape index (κ2) is 9.92. The van der Waals surface area contributed by atoms with E-state index in [1.54, 1.807) is 0 Å². The first-order valence-electron chi connectivity index (χ1n) is 9.03. The number of ether oxygens (including phenoxy) is 2. The highest BCUT2D eigenvalue weighted by atomic mass is 28.3. The zero-order valence-corrected chi connectivity index (χ0v) is 17.1. The minimum atomic E-state index is -1.72. The van der Waals surface area contributed by atoms with Crippen molar-refractivity contribution in [3.63, 3.8) is 0 Å². The molecule has 0 saturated heterocycles. The lowest BCUT2D eigenvalue weighted by Gasteiger charge is -2.25. The maximum atomic E-state index is 12.1. The molecule has 1 atom stereocenters. The number of hydrogen-bond donors (Lipinski definition) is 1. The Kier molecular flexibility index (Phi) is 7.61. The van der Waals surface area contributed by atoms with Gasteiger partial charge in [-0.15, -0.1) is 0 Å². The molecule has 27 heavy (non-hydrogen) atoms. The van der Waals surface area contributed by atoms with E-state index in [9.17, 15) is 9.59 Å². The number of benzene rings is 2. The fourth-order valence-electron chi connectivity index (χ4n) is 2.84. The van der Waals surface area contributed by atoms with Crippen LogP contribution in [0.5, 0.6) is 0 Å². The maximum Gasteiger partial charge on any atom is 0.408 e. The third-order valence-corrected chi connectivity index (χ3v) is 8.04. The van der Waals surface area contributed by atoms with Gasteiger partial charge in [-0.2, -0.15) is 0 Å². The van der Waals surface area contributed by atoms with Crippen LogP contribution in [0.4, 0.5) is 4.79 Å². The highest BCUT2D eigenvalue weighted by molar-refractivity contribution is 6.89. The van der Waals surface area contributed by atoms with Gasteiger partial charge in [0.25, 0.3) is 0 Å². The molecule has 0 spiro atoms. The highest BCUT2D eigenvalue weighted by Gasteiger charge is 2.28. The van der Waals surface area contributed by atoms with Crippen molar-refractivity contribution < 1.29 is 19.1 Å². The molecule has 0 aliphatic heterocycles. The van der Waals surface area contributed by atoms with Crippen LogP contribution in [-0.4, -0.2) is 33.3 Å². The SMILES string of the molecule is COC(=O)[C@H](CC[Si](C)(C)c1ccccc1)NC(=O)OCc1ccccc1. The van der Waals surface area contributed by atoms with E-state index < -0.39 is 26.2 Å². The Hall–Kier alpha value is -2.60. The van der Waals surface area contributed by atoms with E-state index in [1.807, 2.05) is 48.5 Å². The molecule has 0 saturated carbocycles. The summed E-state index contributed by atoms with van der Waals surface area (Å²) in [6, 6.07) is 19.8. The van der Waals surface area contributed by atoms with Gasteiger partial charge in [0, 0.05) is 0 Å². The quantitative estimate of drug-likeness (QED) is 0.558. The number of hydrogen-bond acceptors (Lipinski definition) is 4. The second-order valence-corrected chi connectivity index (χ2v) is 11.9. The molecule has 1 N–H and O–H groups in total. The molecule has 1 amide bonds. The van der Waals surface area contributed by atoms with Gasteiger partial charge in [0.1, 0.15) is 12.6 Å². The Morgan fingerprint density at radius 2 is 1.59 bits per heavy atom. The van der Waals surface area contributed by atoms with Gasteiger partial charge in [0.05, 0.1) is 15.2 Å². The lowest BCUT2D eigenvalue weighted by atomic mass is 10.2. The smallest absolute Gasteiger partial charge is 0.408 e. The number of nitrogens with one attached hydrogen (secondary N) is 1. The molecule has 2 aromatic rings. The van der Waals surface area contributed by atoms with Gasteiger partial charge in [0.2, 0.25) is 0 Å². The maximum absolute atomic E-state index is 12.1. The molecule has 0 aromatic heterocycles. The largest absolute Gasteiger partial charge is 0.467 e. The predicted molar refractivity (Wildman–Crippen MR) is 109 cm³/mol. The van der Waals surface area contributed by atoms with Crippen molar-refractivity contribution in [3.05, 3.63) is 66.2 Å². The molecule has 0 bridgehead atoms. The van der Waals surface area contributed by atoms with E-state index in [0.29, 0.717) is 6.42 Å². The molecule has 2 rings (SSSR count). The normalized spacial score (nSPS) is 12.1. The van der Waals surface area contributed by atoms with Crippen LogP contribution in [0.2, 0.25) is 19.1 Å². The van der Waals surface area contributed by atoms with Crippen LogP contribution in [0.3, 0.4) is 0 Å². The molecular weight excluding hydrogens is 358 g/mol. The summed E-state index contributed by atoms with van der Waals surface area (Å²) in [6.45, 7) is 4.67. The number of carbonyl (C=O) groups is 2. The van der Waals surface area contributed by atoms with Gasteiger partial charge in [0.15, 0.2) is 0 Å². The van der Waals surface area contributed by atoms with Gasteiger partial charge in [-0.25, -0.2) is 9.59 Å². The average molecular weight is 386 g/mol. The fourth-order valence-corrected chi connectivity index (χ4v) is 5.23. The van der Waals surface area contributed by atoms with Crippen molar-refractivity contribution >= 4 is 25.3 Å². The monoisotopic (exact) mass is 385 g/mol. The molecule has 5 nitrogen and oxygen atoms in total. The molecule has 0 fully saturated rings. The first kappa shape index (κ1) is 20.7. The van der Waals surface area contributed by atoms with Crippen LogP contribution in [-0.2, 0) is 20.9 Å². The lowest BCUT2D eigenvalue weighted by Crippen LogP contribution is -2.46. The van der Waals surface area contributed by atoms with Gasteiger partial charge >= 0.3 is 12.1 Å². The molecule has 0 heterocycles. The zero-order valence-electron chi connectivity index (χ0n) is 16.1. The first-order valence-corrected chi connectivity index (χ1v) is 12.2. The van der Waals surface area contributed by atoms with Gasteiger partial charge in [-0.1, -0.05) is 85.0 Å². The number of amides is 1. The summed E-state index contributed by atoms with van der Waals surface area (Å²) in [5.41, 5.74) is 0.889. The van der Waals surface area contributed by atoms with Crippen LogP contribution in [0.25, 0.3) is 0 Å². The standard InChI is InChI=1S/C21H27NO4Si/c1-25-20(23)19(14-15-27(2,3)18-12-8-5-9-13-18)22-21(24)26-16-17-10-6-4-7-11-17/h4-13,19H,14-16H2,1-3H3,(H,22,24)/t19-/m0/s1. The van der Waals surface area contributed by atoms with E-state index in [-0.39, 0.29) is 6.61 Å². The van der Waals surface area contributed by atoms with Crippen molar-refractivity contribution in [2.45, 2.75) is 38.2 Å². The van der Waals surface area contributed by atoms with E-state index >= 15 is 0 Å². The lowest BCUT2D eigenvalue weighted by molar-refractivity contribution is -0.143. The van der Waals surface area contributed by atoms with Gasteiger partial charge < -0.3 is 14.8 Å². The van der Waals surface area contributed by atoms with E-state index in [1.165, 1.54) is 12.3 Å². The van der Waals surface area contributed by atoms with Crippen LogP contribution in [0.1, 0.15) is 12.0 Å². The third kappa shape index (κ3) is 6.56. The molecule has 6 heteroatoms. The summed E-state index contributed by atoms with van der Waals surface area (Å²) in [4.78, 5) is 24.2. The summed E-state index contributed by atoms with van der Waals surface area (Å²) < 4.78 is 10.1. The summed E-state index contributed by atoms with van der Waals surface area (Å²) >= 11 is 0. The number of esters is 1. The van der Waals surface area contributed by atoms with E-state index in [4.69, 9.17) is 9.47 Å².